The normalized spacial score (nSPS) is 14.3. The highest BCUT2D eigenvalue weighted by Gasteiger charge is 2.32. The summed E-state index contributed by atoms with van der Waals surface area (Å²) in [4.78, 5) is 40.2. The number of anilines is 1. The second-order valence-electron chi connectivity index (χ2n) is 9.75. The summed E-state index contributed by atoms with van der Waals surface area (Å²) in [5.74, 6) is 0.215. The minimum Gasteiger partial charge on any atom is -0.369 e. The molecule has 0 spiro atoms. The summed E-state index contributed by atoms with van der Waals surface area (Å²) >= 11 is 1.63. The second-order valence-corrected chi connectivity index (χ2v) is 10.7. The monoisotopic (exact) mass is 547 g/mol. The SMILES string of the molecule is C.CCN(CC)[C@@H](C)CCC(=O)c1cc(-c2cnn3ccc(-c4cccs4)nc23)nc(N2CC(C(N)=O)C2)c1. The van der Waals surface area contributed by atoms with Crippen LogP contribution >= 0.6 is 11.3 Å². The molecule has 5 heterocycles. The summed E-state index contributed by atoms with van der Waals surface area (Å²) in [6.07, 6.45) is 4.85. The molecule has 1 aliphatic heterocycles. The first kappa shape index (κ1) is 28.4. The number of ketones is 1. The molecule has 5 rings (SSSR count). The number of fused-ring (bicyclic) bond motifs is 1. The van der Waals surface area contributed by atoms with Gasteiger partial charge in [0.05, 0.1) is 33.9 Å². The summed E-state index contributed by atoms with van der Waals surface area (Å²) in [7, 11) is 0. The molecule has 2 N–H and O–H groups in total. The number of hydrogen-bond donors (Lipinski definition) is 1. The fourth-order valence-electron chi connectivity index (χ4n) is 4.95. The van der Waals surface area contributed by atoms with Crippen molar-refractivity contribution in [1.29, 1.82) is 0 Å². The van der Waals surface area contributed by atoms with Gasteiger partial charge in [-0.1, -0.05) is 27.3 Å². The highest BCUT2D eigenvalue weighted by atomic mass is 32.1. The van der Waals surface area contributed by atoms with Crippen LogP contribution in [0.3, 0.4) is 0 Å². The summed E-state index contributed by atoms with van der Waals surface area (Å²) in [5.41, 5.74) is 9.02. The zero-order valence-electron chi connectivity index (χ0n) is 22.0. The third kappa shape index (κ3) is 5.86. The van der Waals surface area contributed by atoms with Crippen LogP contribution in [0.15, 0.2) is 48.1 Å². The van der Waals surface area contributed by atoms with Gasteiger partial charge >= 0.3 is 0 Å². The molecule has 0 radical (unpaired) electrons. The van der Waals surface area contributed by atoms with Crippen LogP contribution in [0, 0.1) is 5.92 Å². The van der Waals surface area contributed by atoms with Crippen molar-refractivity contribution in [3.05, 3.63) is 53.7 Å². The Morgan fingerprint density at radius 2 is 1.92 bits per heavy atom. The predicted molar refractivity (Wildman–Crippen MR) is 157 cm³/mol. The lowest BCUT2D eigenvalue weighted by molar-refractivity contribution is -0.122. The van der Waals surface area contributed by atoms with E-state index in [0.717, 1.165) is 35.6 Å². The van der Waals surface area contributed by atoms with Crippen LogP contribution in [0.1, 0.15) is 51.4 Å². The molecule has 1 fully saturated rings. The number of nitrogens with two attached hydrogens (primary N) is 1. The average Bonchev–Trinajstić information content (AvgIpc) is 3.56. The number of hydrogen-bond acceptors (Lipinski definition) is 8. The van der Waals surface area contributed by atoms with Gasteiger partial charge in [-0.15, -0.1) is 11.3 Å². The number of aromatic nitrogens is 4. The van der Waals surface area contributed by atoms with E-state index in [2.05, 4.69) is 30.8 Å². The van der Waals surface area contributed by atoms with Gasteiger partial charge in [0.25, 0.3) is 0 Å². The van der Waals surface area contributed by atoms with Crippen LogP contribution in [0.4, 0.5) is 5.82 Å². The molecule has 0 bridgehead atoms. The highest BCUT2D eigenvalue weighted by molar-refractivity contribution is 7.13. The lowest BCUT2D eigenvalue weighted by Crippen LogP contribution is -2.53. The summed E-state index contributed by atoms with van der Waals surface area (Å²) in [6.45, 7) is 9.36. The van der Waals surface area contributed by atoms with E-state index in [9.17, 15) is 9.59 Å². The molecule has 4 aromatic rings. The minimum atomic E-state index is -0.313. The number of Topliss-reactive ketones (excluding diaryl/α,β-unsaturated/α-hetero) is 1. The maximum Gasteiger partial charge on any atom is 0.224 e. The highest BCUT2D eigenvalue weighted by Crippen LogP contribution is 2.31. The first-order valence-electron chi connectivity index (χ1n) is 13.1. The third-order valence-corrected chi connectivity index (χ3v) is 8.28. The largest absolute Gasteiger partial charge is 0.369 e. The Morgan fingerprint density at radius 1 is 1.15 bits per heavy atom. The van der Waals surface area contributed by atoms with Crippen molar-refractivity contribution >= 4 is 34.5 Å². The standard InChI is InChI=1S/C28H33N7O2S.CH4/c1-4-33(5-2)18(3)8-9-24(36)19-13-23(31-26(14-19)34-16-20(17-34)27(29)37)21-15-30-35-11-10-22(32-28(21)35)25-7-6-12-38-25;/h6-7,10-15,18,20H,4-5,8-9,16-17H2,1-3H3,(H2,29,37);1H4/t18-;/m0./s1. The van der Waals surface area contributed by atoms with Crippen LogP contribution in [0.5, 0.6) is 0 Å². The Bertz CT molecular complexity index is 1440. The molecule has 206 valence electrons. The van der Waals surface area contributed by atoms with Gasteiger partial charge in [-0.3, -0.25) is 9.59 Å². The molecule has 1 aliphatic rings. The first-order chi connectivity index (χ1) is 18.4. The Labute approximate surface area is 233 Å². The summed E-state index contributed by atoms with van der Waals surface area (Å²) in [6, 6.07) is 9.97. The van der Waals surface area contributed by atoms with Crippen LogP contribution in [0.25, 0.3) is 27.5 Å². The van der Waals surface area contributed by atoms with Gasteiger partial charge in [-0.25, -0.2) is 14.5 Å². The summed E-state index contributed by atoms with van der Waals surface area (Å²) < 4.78 is 1.72. The molecule has 39 heavy (non-hydrogen) atoms. The lowest BCUT2D eigenvalue weighted by atomic mass is 9.98. The quantitative estimate of drug-likeness (QED) is 0.269. The number of primary amides is 1. The summed E-state index contributed by atoms with van der Waals surface area (Å²) in [5, 5.41) is 6.51. The van der Waals surface area contributed by atoms with Crippen molar-refractivity contribution in [3.8, 4) is 21.8 Å². The number of nitrogens with zero attached hydrogens (tertiary/aromatic N) is 6. The van der Waals surface area contributed by atoms with Crippen molar-refractivity contribution in [2.24, 2.45) is 11.7 Å². The molecule has 0 saturated carbocycles. The Kier molecular flexibility index (Phi) is 8.76. The van der Waals surface area contributed by atoms with E-state index in [-0.39, 0.29) is 25.0 Å². The fourth-order valence-corrected chi connectivity index (χ4v) is 5.64. The van der Waals surface area contributed by atoms with Gasteiger partial charge in [0.1, 0.15) is 5.82 Å². The number of rotatable bonds is 11. The zero-order valence-corrected chi connectivity index (χ0v) is 22.8. The smallest absolute Gasteiger partial charge is 0.224 e. The molecule has 0 aliphatic carbocycles. The van der Waals surface area contributed by atoms with Crippen molar-refractivity contribution in [2.75, 3.05) is 31.1 Å². The number of carbonyl (C=O) groups excluding carboxylic acids is 2. The average molecular weight is 548 g/mol. The van der Waals surface area contributed by atoms with E-state index in [1.807, 2.05) is 46.8 Å². The zero-order chi connectivity index (χ0) is 26.8. The van der Waals surface area contributed by atoms with Gasteiger partial charge in [0, 0.05) is 37.3 Å². The van der Waals surface area contributed by atoms with Crippen LogP contribution in [-0.4, -0.2) is 68.4 Å². The maximum absolute atomic E-state index is 13.4. The number of amides is 1. The maximum atomic E-state index is 13.4. The molecule has 9 nitrogen and oxygen atoms in total. The van der Waals surface area contributed by atoms with E-state index >= 15 is 0 Å². The van der Waals surface area contributed by atoms with E-state index < -0.39 is 0 Å². The lowest BCUT2D eigenvalue weighted by Gasteiger charge is -2.38. The molecule has 0 unspecified atom stereocenters. The predicted octanol–water partition coefficient (Wildman–Crippen LogP) is 4.77. The number of pyridine rings is 1. The van der Waals surface area contributed by atoms with Crippen LogP contribution < -0.4 is 10.6 Å². The van der Waals surface area contributed by atoms with Gasteiger partial charge in [0.2, 0.25) is 5.91 Å². The number of carbonyl (C=O) groups is 2. The Hall–Kier alpha value is -3.63. The Morgan fingerprint density at radius 3 is 2.59 bits per heavy atom. The fraction of sp³-hybridized carbons (Fsp3) is 0.414. The van der Waals surface area contributed by atoms with Crippen molar-refractivity contribution < 1.29 is 9.59 Å². The van der Waals surface area contributed by atoms with E-state index in [4.69, 9.17) is 15.7 Å². The van der Waals surface area contributed by atoms with Crippen molar-refractivity contribution in [3.63, 3.8) is 0 Å². The van der Waals surface area contributed by atoms with Crippen LogP contribution in [-0.2, 0) is 4.79 Å². The molecule has 0 aromatic carbocycles. The second kappa shape index (κ2) is 12.0. The van der Waals surface area contributed by atoms with Gasteiger partial charge < -0.3 is 15.5 Å². The molecule has 1 atom stereocenters. The molecule has 1 amide bonds. The van der Waals surface area contributed by atoms with E-state index in [1.54, 1.807) is 22.0 Å². The molecule has 1 saturated heterocycles. The van der Waals surface area contributed by atoms with E-state index in [1.165, 1.54) is 0 Å². The van der Waals surface area contributed by atoms with Gasteiger partial charge in [0.15, 0.2) is 11.4 Å². The molecular formula is C29H37N7O2S. The minimum absolute atomic E-state index is 0. The van der Waals surface area contributed by atoms with Gasteiger partial charge in [-0.05, 0) is 56.1 Å². The number of thiophene rings is 1. The molecule has 4 aromatic heterocycles. The Balaban J connectivity index is 0.00000353. The van der Waals surface area contributed by atoms with Crippen molar-refractivity contribution in [1.82, 2.24) is 24.5 Å². The van der Waals surface area contributed by atoms with Gasteiger partial charge in [-0.2, -0.15) is 5.10 Å². The molecule has 10 heteroatoms. The first-order valence-corrected chi connectivity index (χ1v) is 14.0. The van der Waals surface area contributed by atoms with Crippen molar-refractivity contribution in [2.45, 2.75) is 47.1 Å². The third-order valence-electron chi connectivity index (χ3n) is 7.39. The van der Waals surface area contributed by atoms with E-state index in [0.29, 0.717) is 48.3 Å². The topological polar surface area (TPSA) is 110 Å². The van der Waals surface area contributed by atoms with Crippen LogP contribution in [0.2, 0.25) is 0 Å². The molecular weight excluding hydrogens is 510 g/mol.